The van der Waals surface area contributed by atoms with E-state index in [1.165, 1.54) is 23.1 Å². The summed E-state index contributed by atoms with van der Waals surface area (Å²) in [5.74, 6) is -0.943. The maximum absolute atomic E-state index is 12.7. The van der Waals surface area contributed by atoms with Crippen LogP contribution in [0.3, 0.4) is 0 Å². The third kappa shape index (κ3) is 5.19. The van der Waals surface area contributed by atoms with Crippen LogP contribution in [-0.2, 0) is 9.59 Å². The third-order valence-electron chi connectivity index (χ3n) is 4.10. The van der Waals surface area contributed by atoms with Crippen LogP contribution in [0.4, 0.5) is 11.4 Å². The smallest absolute Gasteiger partial charge is 0.292 e. The molecule has 0 saturated carbocycles. The molecule has 0 aromatic heterocycles. The predicted molar refractivity (Wildman–Crippen MR) is 122 cm³/mol. The second-order valence-corrected chi connectivity index (χ2v) is 8.07. The minimum Gasteiger partial charge on any atom is -0.319 e. The molecule has 0 radical (unpaired) electrons. The standard InChI is InChI=1S/C21H17N3O4S2/c1-14(11-15-7-3-2-4-8-15)12-18-20(26)23(21(29)30-18)13-19(25)22-16-9-5-6-10-17(16)24(27)28/h2-12H,13H2,1H3,(H,22,25)/b14-11+,18-12+. The van der Waals surface area contributed by atoms with Crippen molar-refractivity contribution < 1.29 is 14.5 Å². The number of thioether (sulfide) groups is 1. The minimum absolute atomic E-state index is 0.0649. The van der Waals surface area contributed by atoms with Crippen LogP contribution in [0.15, 0.2) is 71.2 Å². The monoisotopic (exact) mass is 439 g/mol. The number of carbonyl (C=O) groups excluding carboxylic acids is 2. The Balaban J connectivity index is 1.70. The summed E-state index contributed by atoms with van der Waals surface area (Å²) in [5, 5.41) is 13.6. The van der Waals surface area contributed by atoms with Gasteiger partial charge in [-0.2, -0.15) is 0 Å². The molecule has 1 aliphatic rings. The molecule has 152 valence electrons. The topological polar surface area (TPSA) is 92.6 Å². The molecular weight excluding hydrogens is 422 g/mol. The number of thiocarbonyl (C=S) groups is 1. The molecule has 0 spiro atoms. The molecule has 0 atom stereocenters. The number of allylic oxidation sites excluding steroid dienone is 2. The van der Waals surface area contributed by atoms with Gasteiger partial charge in [-0.05, 0) is 30.2 Å². The molecule has 3 rings (SSSR count). The lowest BCUT2D eigenvalue weighted by molar-refractivity contribution is -0.383. The molecule has 0 unspecified atom stereocenters. The fraction of sp³-hybridized carbons (Fsp3) is 0.0952. The first-order valence-electron chi connectivity index (χ1n) is 8.87. The van der Waals surface area contributed by atoms with Crippen molar-refractivity contribution >= 4 is 57.6 Å². The number of nitrogens with one attached hydrogen (secondary N) is 1. The molecule has 0 aliphatic carbocycles. The summed E-state index contributed by atoms with van der Waals surface area (Å²) in [6, 6.07) is 15.5. The summed E-state index contributed by atoms with van der Waals surface area (Å²) in [4.78, 5) is 37.2. The van der Waals surface area contributed by atoms with E-state index in [4.69, 9.17) is 12.2 Å². The molecule has 2 aromatic carbocycles. The van der Waals surface area contributed by atoms with Crippen molar-refractivity contribution in [2.24, 2.45) is 0 Å². The number of amides is 2. The number of hydrogen-bond donors (Lipinski definition) is 1. The van der Waals surface area contributed by atoms with E-state index in [9.17, 15) is 19.7 Å². The van der Waals surface area contributed by atoms with Gasteiger partial charge in [0.1, 0.15) is 16.6 Å². The van der Waals surface area contributed by atoms with Crippen LogP contribution in [0, 0.1) is 10.1 Å². The summed E-state index contributed by atoms with van der Waals surface area (Å²) in [7, 11) is 0. The van der Waals surface area contributed by atoms with Crippen molar-refractivity contribution in [2.75, 3.05) is 11.9 Å². The molecule has 30 heavy (non-hydrogen) atoms. The normalized spacial score (nSPS) is 15.6. The van der Waals surface area contributed by atoms with Crippen LogP contribution in [0.1, 0.15) is 12.5 Å². The van der Waals surface area contributed by atoms with Gasteiger partial charge in [0.2, 0.25) is 5.91 Å². The third-order valence-corrected chi connectivity index (χ3v) is 5.48. The Morgan fingerprint density at radius 1 is 1.20 bits per heavy atom. The van der Waals surface area contributed by atoms with Gasteiger partial charge in [-0.25, -0.2) is 0 Å². The van der Waals surface area contributed by atoms with Crippen LogP contribution < -0.4 is 5.32 Å². The molecule has 1 heterocycles. The van der Waals surface area contributed by atoms with Gasteiger partial charge >= 0.3 is 0 Å². The summed E-state index contributed by atoms with van der Waals surface area (Å²) in [6.45, 7) is 1.55. The number of para-hydroxylation sites is 2. The van der Waals surface area contributed by atoms with Gasteiger partial charge in [-0.3, -0.25) is 24.6 Å². The maximum Gasteiger partial charge on any atom is 0.292 e. The average Bonchev–Trinajstić information content (AvgIpc) is 2.96. The molecule has 0 bridgehead atoms. The van der Waals surface area contributed by atoms with Crippen LogP contribution in [0.5, 0.6) is 0 Å². The van der Waals surface area contributed by atoms with Gasteiger partial charge in [0.05, 0.1) is 9.83 Å². The molecule has 7 nitrogen and oxygen atoms in total. The molecule has 1 N–H and O–H groups in total. The van der Waals surface area contributed by atoms with E-state index in [1.54, 1.807) is 12.1 Å². The zero-order valence-corrected chi connectivity index (χ0v) is 17.5. The second kappa shape index (κ2) is 9.47. The van der Waals surface area contributed by atoms with Crippen molar-refractivity contribution in [1.29, 1.82) is 0 Å². The summed E-state index contributed by atoms with van der Waals surface area (Å²) in [6.07, 6.45) is 3.67. The Kier molecular flexibility index (Phi) is 6.76. The average molecular weight is 440 g/mol. The fourth-order valence-corrected chi connectivity index (χ4v) is 4.07. The highest BCUT2D eigenvalue weighted by Gasteiger charge is 2.33. The van der Waals surface area contributed by atoms with Crippen molar-refractivity contribution in [2.45, 2.75) is 6.92 Å². The second-order valence-electron chi connectivity index (χ2n) is 6.39. The van der Waals surface area contributed by atoms with E-state index >= 15 is 0 Å². The van der Waals surface area contributed by atoms with Crippen LogP contribution in [-0.4, -0.2) is 32.5 Å². The first-order chi connectivity index (χ1) is 14.3. The van der Waals surface area contributed by atoms with E-state index in [-0.39, 0.29) is 28.1 Å². The number of nitrogens with zero attached hydrogens (tertiary/aromatic N) is 2. The van der Waals surface area contributed by atoms with Crippen LogP contribution in [0.2, 0.25) is 0 Å². The first kappa shape index (κ1) is 21.4. The number of nitro benzene ring substituents is 1. The Morgan fingerprint density at radius 2 is 1.87 bits per heavy atom. The predicted octanol–water partition coefficient (Wildman–Crippen LogP) is 4.38. The SMILES string of the molecule is CC(=C\c1ccccc1)/C=C1/SC(=S)N(CC(=O)Nc2ccccc2[N+](=O)[O-])C1=O. The number of rotatable bonds is 6. The number of benzene rings is 2. The van der Waals surface area contributed by atoms with Crippen LogP contribution in [0.25, 0.3) is 6.08 Å². The number of nitro groups is 1. The van der Waals surface area contributed by atoms with Gasteiger partial charge < -0.3 is 5.32 Å². The summed E-state index contributed by atoms with van der Waals surface area (Å²) in [5.41, 5.74) is 1.71. The molecule has 1 saturated heterocycles. The highest BCUT2D eigenvalue weighted by molar-refractivity contribution is 8.26. The number of carbonyl (C=O) groups is 2. The maximum atomic E-state index is 12.7. The Labute approximate surface area is 182 Å². The van der Waals surface area contributed by atoms with E-state index < -0.39 is 10.8 Å². The van der Waals surface area contributed by atoms with E-state index in [2.05, 4.69) is 5.32 Å². The molecule has 2 aromatic rings. The van der Waals surface area contributed by atoms with Gasteiger partial charge in [0.15, 0.2) is 0 Å². The van der Waals surface area contributed by atoms with Crippen molar-refractivity contribution in [3.8, 4) is 0 Å². The Hall–Kier alpha value is -3.30. The van der Waals surface area contributed by atoms with Crippen LogP contribution >= 0.6 is 24.0 Å². The fourth-order valence-electron chi connectivity index (χ4n) is 2.77. The molecule has 1 fully saturated rings. The molecule has 2 amide bonds. The lowest BCUT2D eigenvalue weighted by Gasteiger charge is -2.14. The Bertz CT molecular complexity index is 1080. The van der Waals surface area contributed by atoms with Gasteiger partial charge in [0, 0.05) is 6.07 Å². The number of hydrogen-bond acceptors (Lipinski definition) is 6. The largest absolute Gasteiger partial charge is 0.319 e. The zero-order chi connectivity index (χ0) is 21.7. The van der Waals surface area contributed by atoms with E-state index in [0.717, 1.165) is 22.9 Å². The van der Waals surface area contributed by atoms with Gasteiger partial charge in [-0.15, -0.1) is 0 Å². The highest BCUT2D eigenvalue weighted by Crippen LogP contribution is 2.32. The lowest BCUT2D eigenvalue weighted by atomic mass is 10.1. The summed E-state index contributed by atoms with van der Waals surface area (Å²) < 4.78 is 0.261. The van der Waals surface area contributed by atoms with E-state index in [1.807, 2.05) is 43.3 Å². The molecular formula is C21H17N3O4S2. The minimum atomic E-state index is -0.584. The highest BCUT2D eigenvalue weighted by atomic mass is 32.2. The van der Waals surface area contributed by atoms with Gasteiger partial charge in [-0.1, -0.05) is 72.5 Å². The van der Waals surface area contributed by atoms with Crippen molar-refractivity contribution in [3.63, 3.8) is 0 Å². The quantitative estimate of drug-likeness (QED) is 0.311. The summed E-state index contributed by atoms with van der Waals surface area (Å²) >= 11 is 6.36. The lowest BCUT2D eigenvalue weighted by Crippen LogP contribution is -2.36. The van der Waals surface area contributed by atoms with Crippen molar-refractivity contribution in [1.82, 2.24) is 4.90 Å². The molecule has 9 heteroatoms. The Morgan fingerprint density at radius 3 is 2.57 bits per heavy atom. The number of anilines is 1. The zero-order valence-electron chi connectivity index (χ0n) is 15.9. The van der Waals surface area contributed by atoms with Crippen molar-refractivity contribution in [3.05, 3.63) is 86.8 Å². The van der Waals surface area contributed by atoms with E-state index in [0.29, 0.717) is 4.91 Å². The van der Waals surface area contributed by atoms with Gasteiger partial charge in [0.25, 0.3) is 11.6 Å². The first-order valence-corrected chi connectivity index (χ1v) is 10.1. The molecule has 1 aliphatic heterocycles.